The summed E-state index contributed by atoms with van der Waals surface area (Å²) < 4.78 is 30.5. The van der Waals surface area contributed by atoms with Crippen molar-refractivity contribution in [3.05, 3.63) is 40.3 Å². The van der Waals surface area contributed by atoms with Crippen molar-refractivity contribution in [2.45, 2.75) is 11.8 Å². The second kappa shape index (κ2) is 5.06. The van der Waals surface area contributed by atoms with Crippen LogP contribution in [-0.4, -0.2) is 26.2 Å². The van der Waals surface area contributed by atoms with E-state index < -0.39 is 16.0 Å². The predicted molar refractivity (Wildman–Crippen MR) is 71.4 cm³/mol. The molecule has 0 aliphatic heterocycles. The van der Waals surface area contributed by atoms with Gasteiger partial charge in [0.25, 0.3) is 10.0 Å². The zero-order valence-electron chi connectivity index (χ0n) is 10.3. The van der Waals surface area contributed by atoms with Gasteiger partial charge in [0.05, 0.1) is 7.11 Å². The van der Waals surface area contributed by atoms with Crippen LogP contribution in [0.3, 0.4) is 0 Å². The molecule has 102 valence electrons. The van der Waals surface area contributed by atoms with Crippen LogP contribution in [-0.2, 0) is 14.8 Å². The van der Waals surface area contributed by atoms with E-state index >= 15 is 0 Å². The summed E-state index contributed by atoms with van der Waals surface area (Å²) in [7, 11) is -2.62. The highest BCUT2D eigenvalue weighted by atomic mass is 32.2. The largest absolute Gasteiger partial charge is 0.465 e. The van der Waals surface area contributed by atoms with Crippen molar-refractivity contribution in [3.8, 4) is 0 Å². The molecule has 0 radical (unpaired) electrons. The first-order valence-corrected chi connectivity index (χ1v) is 7.64. The van der Waals surface area contributed by atoms with Gasteiger partial charge in [-0.1, -0.05) is 0 Å². The summed E-state index contributed by atoms with van der Waals surface area (Å²) in [6.45, 7) is 1.63. The first-order chi connectivity index (χ1) is 8.95. The zero-order valence-corrected chi connectivity index (χ0v) is 11.9. The van der Waals surface area contributed by atoms with Crippen molar-refractivity contribution >= 4 is 27.3 Å². The molecule has 0 amide bonds. The molecule has 0 fully saturated rings. The quantitative estimate of drug-likeness (QED) is 0.870. The number of aromatic nitrogens is 1. The highest BCUT2D eigenvalue weighted by Gasteiger charge is 2.27. The van der Waals surface area contributed by atoms with Gasteiger partial charge < -0.3 is 4.74 Å². The number of carbonyl (C=O) groups is 1. The first-order valence-electron chi connectivity index (χ1n) is 5.28. The maximum absolute atomic E-state index is 12.3. The molecule has 0 aliphatic rings. The highest BCUT2D eigenvalue weighted by Crippen LogP contribution is 2.27. The van der Waals surface area contributed by atoms with E-state index in [4.69, 9.17) is 0 Å². The Kier molecular flexibility index (Phi) is 3.63. The van der Waals surface area contributed by atoms with Gasteiger partial charge in [-0.2, -0.15) is 8.42 Å². The number of carbonyl (C=O) groups excluding carboxylic acids is 1. The number of hydrogen-bond acceptors (Lipinski definition) is 5. The van der Waals surface area contributed by atoms with E-state index in [9.17, 15) is 13.2 Å². The zero-order chi connectivity index (χ0) is 14.0. The lowest BCUT2D eigenvalue weighted by molar-refractivity contribution is 0.0602. The van der Waals surface area contributed by atoms with E-state index in [0.717, 1.165) is 11.3 Å². The highest BCUT2D eigenvalue weighted by molar-refractivity contribution is 7.92. The number of methoxy groups -OCH3 is 1. The van der Waals surface area contributed by atoms with Gasteiger partial charge in [0, 0.05) is 12.4 Å². The molecule has 2 rings (SSSR count). The van der Waals surface area contributed by atoms with Crippen molar-refractivity contribution in [2.75, 3.05) is 11.9 Å². The van der Waals surface area contributed by atoms with Crippen LogP contribution in [0.1, 0.15) is 15.2 Å². The molecule has 0 aliphatic carbocycles. The Bertz CT molecular complexity index is 686. The molecule has 0 unspecified atom stereocenters. The fourth-order valence-electron chi connectivity index (χ4n) is 1.58. The van der Waals surface area contributed by atoms with Crippen LogP contribution in [0.4, 0.5) is 0 Å². The SMILES string of the molecule is COC(=O)c1scc(C)c1S(=O)(=O)Nn1cccc1. The van der Waals surface area contributed by atoms with Crippen molar-refractivity contribution < 1.29 is 17.9 Å². The van der Waals surface area contributed by atoms with Crippen LogP contribution in [0, 0.1) is 6.92 Å². The molecular weight excluding hydrogens is 288 g/mol. The van der Waals surface area contributed by atoms with Gasteiger partial charge in [-0.25, -0.2) is 9.63 Å². The Hall–Kier alpha value is -1.80. The third-order valence-corrected chi connectivity index (χ3v) is 5.11. The Balaban J connectivity index is 2.46. The maximum Gasteiger partial charge on any atom is 0.349 e. The molecule has 19 heavy (non-hydrogen) atoms. The van der Waals surface area contributed by atoms with E-state index in [-0.39, 0.29) is 9.77 Å². The smallest absolute Gasteiger partial charge is 0.349 e. The van der Waals surface area contributed by atoms with E-state index in [1.165, 1.54) is 11.8 Å². The van der Waals surface area contributed by atoms with Gasteiger partial charge >= 0.3 is 5.97 Å². The lowest BCUT2D eigenvalue weighted by atomic mass is 10.3. The Labute approximate surface area is 114 Å². The molecule has 0 bridgehead atoms. The number of esters is 1. The fourth-order valence-corrected chi connectivity index (χ4v) is 4.29. The summed E-state index contributed by atoms with van der Waals surface area (Å²) in [5.74, 6) is -0.661. The number of nitrogens with zero attached hydrogens (tertiary/aromatic N) is 1. The first kappa shape index (κ1) is 13.6. The van der Waals surface area contributed by atoms with E-state index in [2.05, 4.69) is 9.57 Å². The number of aryl methyl sites for hydroxylation is 1. The predicted octanol–water partition coefficient (Wildman–Crippen LogP) is 1.58. The number of ether oxygens (including phenoxy) is 1. The third kappa shape index (κ3) is 2.64. The van der Waals surface area contributed by atoms with Gasteiger partial charge in [-0.05, 0) is 30.0 Å². The number of rotatable bonds is 4. The number of sulfonamides is 1. The normalized spacial score (nSPS) is 11.3. The summed E-state index contributed by atoms with van der Waals surface area (Å²) in [5, 5.41) is 1.61. The van der Waals surface area contributed by atoms with Gasteiger partial charge in [-0.3, -0.25) is 4.68 Å². The number of nitrogens with one attached hydrogen (secondary N) is 1. The average molecular weight is 300 g/mol. The van der Waals surface area contributed by atoms with Gasteiger partial charge in [0.2, 0.25) is 0 Å². The van der Waals surface area contributed by atoms with Crippen LogP contribution >= 0.6 is 11.3 Å². The fraction of sp³-hybridized carbons (Fsp3) is 0.182. The second-order valence-electron chi connectivity index (χ2n) is 3.75. The Morgan fingerprint density at radius 2 is 2.00 bits per heavy atom. The molecule has 0 aromatic carbocycles. The molecule has 8 heteroatoms. The lowest BCUT2D eigenvalue weighted by Crippen LogP contribution is -2.23. The van der Waals surface area contributed by atoms with E-state index in [1.54, 1.807) is 36.8 Å². The minimum Gasteiger partial charge on any atom is -0.465 e. The summed E-state index contributed by atoms with van der Waals surface area (Å²) in [4.78, 5) is 14.0. The topological polar surface area (TPSA) is 77.4 Å². The summed E-state index contributed by atoms with van der Waals surface area (Å²) >= 11 is 1.05. The van der Waals surface area contributed by atoms with Crippen molar-refractivity contribution in [3.63, 3.8) is 0 Å². The third-order valence-electron chi connectivity index (χ3n) is 2.39. The van der Waals surface area contributed by atoms with Gasteiger partial charge in [0.1, 0.15) is 9.77 Å². The Morgan fingerprint density at radius 3 is 2.58 bits per heavy atom. The van der Waals surface area contributed by atoms with Gasteiger partial charge in [-0.15, -0.1) is 11.3 Å². The van der Waals surface area contributed by atoms with Gasteiger partial charge in [0.15, 0.2) is 0 Å². The molecular formula is C11H12N2O4S2. The Morgan fingerprint density at radius 1 is 1.37 bits per heavy atom. The molecule has 0 atom stereocenters. The average Bonchev–Trinajstić information content (AvgIpc) is 2.97. The van der Waals surface area contributed by atoms with Crippen molar-refractivity contribution in [1.82, 2.24) is 4.68 Å². The molecule has 6 nitrogen and oxygen atoms in total. The molecule has 0 spiro atoms. The van der Waals surface area contributed by atoms with E-state index in [1.807, 2.05) is 0 Å². The van der Waals surface area contributed by atoms with Crippen molar-refractivity contribution in [2.24, 2.45) is 0 Å². The minimum absolute atomic E-state index is 0.0435. The molecule has 0 saturated carbocycles. The number of thiophene rings is 1. The molecule has 1 N–H and O–H groups in total. The lowest BCUT2D eigenvalue weighted by Gasteiger charge is -2.10. The van der Waals surface area contributed by atoms with Crippen LogP contribution < -0.4 is 4.83 Å². The molecule has 2 heterocycles. The molecule has 2 aromatic rings. The van der Waals surface area contributed by atoms with Crippen LogP contribution in [0.25, 0.3) is 0 Å². The minimum atomic E-state index is -3.83. The van der Waals surface area contributed by atoms with Crippen LogP contribution in [0.2, 0.25) is 0 Å². The standard InChI is InChI=1S/C11H12N2O4S2/c1-8-7-18-9(11(14)17-2)10(8)19(15,16)12-13-5-3-4-6-13/h3-7,12H,1-2H3. The second-order valence-corrected chi connectivity index (χ2v) is 6.23. The summed E-state index contributed by atoms with van der Waals surface area (Å²) in [6, 6.07) is 3.37. The van der Waals surface area contributed by atoms with Crippen LogP contribution in [0.5, 0.6) is 0 Å². The monoisotopic (exact) mass is 300 g/mol. The van der Waals surface area contributed by atoms with Crippen molar-refractivity contribution in [1.29, 1.82) is 0 Å². The number of hydrogen-bond donors (Lipinski definition) is 1. The maximum atomic E-state index is 12.3. The van der Waals surface area contributed by atoms with Crippen LogP contribution in [0.15, 0.2) is 34.8 Å². The summed E-state index contributed by atoms with van der Waals surface area (Å²) in [6.07, 6.45) is 3.11. The summed E-state index contributed by atoms with van der Waals surface area (Å²) in [5.41, 5.74) is 0.505. The van der Waals surface area contributed by atoms with E-state index in [0.29, 0.717) is 5.56 Å². The molecule has 2 aromatic heterocycles. The molecule has 0 saturated heterocycles.